The lowest BCUT2D eigenvalue weighted by Crippen LogP contribution is -2.22. The van der Waals surface area contributed by atoms with Gasteiger partial charge in [0.1, 0.15) is 11.8 Å². The lowest BCUT2D eigenvalue weighted by Gasteiger charge is -2.10. The number of carbonyl (C=O) groups is 1. The lowest BCUT2D eigenvalue weighted by molar-refractivity contribution is 0.0992. The Hall–Kier alpha value is -3.01. The molecule has 0 amide bonds. The van der Waals surface area contributed by atoms with Gasteiger partial charge in [-0.05, 0) is 28.8 Å². The SMILES string of the molecule is COc1cccc(-c2cccc(CC(=O)c3nc4c(s3)CNCC4)c2C#N)c1. The van der Waals surface area contributed by atoms with Crippen LogP contribution in [0.4, 0.5) is 0 Å². The molecular formula is C22H19N3O2S. The van der Waals surface area contributed by atoms with Gasteiger partial charge in [-0.3, -0.25) is 4.79 Å². The van der Waals surface area contributed by atoms with Gasteiger partial charge in [0.05, 0.1) is 18.4 Å². The molecule has 0 fully saturated rings. The van der Waals surface area contributed by atoms with Gasteiger partial charge in [-0.1, -0.05) is 30.3 Å². The Labute approximate surface area is 167 Å². The zero-order chi connectivity index (χ0) is 19.5. The van der Waals surface area contributed by atoms with Crippen LogP contribution in [0.5, 0.6) is 5.75 Å². The van der Waals surface area contributed by atoms with Gasteiger partial charge < -0.3 is 10.1 Å². The number of hydrogen-bond donors (Lipinski definition) is 1. The first kappa shape index (κ1) is 18.4. The zero-order valence-electron chi connectivity index (χ0n) is 15.5. The summed E-state index contributed by atoms with van der Waals surface area (Å²) in [6.45, 7) is 1.67. The van der Waals surface area contributed by atoms with E-state index in [2.05, 4.69) is 16.4 Å². The van der Waals surface area contributed by atoms with Crippen LogP contribution < -0.4 is 10.1 Å². The van der Waals surface area contributed by atoms with Crippen molar-refractivity contribution in [1.82, 2.24) is 10.3 Å². The first-order chi connectivity index (χ1) is 13.7. The van der Waals surface area contributed by atoms with E-state index in [1.807, 2.05) is 42.5 Å². The van der Waals surface area contributed by atoms with E-state index >= 15 is 0 Å². The Morgan fingerprint density at radius 3 is 2.96 bits per heavy atom. The Morgan fingerprint density at radius 2 is 2.18 bits per heavy atom. The maximum atomic E-state index is 12.8. The van der Waals surface area contributed by atoms with Crippen molar-refractivity contribution in [3.05, 3.63) is 69.2 Å². The summed E-state index contributed by atoms with van der Waals surface area (Å²) < 4.78 is 5.29. The third kappa shape index (κ3) is 3.55. The van der Waals surface area contributed by atoms with Crippen molar-refractivity contribution in [2.75, 3.05) is 13.7 Å². The molecule has 0 spiro atoms. The third-order valence-corrected chi connectivity index (χ3v) is 5.97. The molecule has 5 nitrogen and oxygen atoms in total. The maximum absolute atomic E-state index is 12.8. The monoisotopic (exact) mass is 389 g/mol. The van der Waals surface area contributed by atoms with Crippen molar-refractivity contribution in [3.63, 3.8) is 0 Å². The Bertz CT molecular complexity index is 1060. The number of benzene rings is 2. The minimum absolute atomic E-state index is 0.0429. The third-order valence-electron chi connectivity index (χ3n) is 4.84. The first-order valence-electron chi connectivity index (χ1n) is 9.08. The van der Waals surface area contributed by atoms with E-state index < -0.39 is 0 Å². The predicted molar refractivity (Wildman–Crippen MR) is 109 cm³/mol. The van der Waals surface area contributed by atoms with E-state index in [1.54, 1.807) is 7.11 Å². The Balaban J connectivity index is 1.65. The highest BCUT2D eigenvalue weighted by atomic mass is 32.1. The van der Waals surface area contributed by atoms with Crippen LogP contribution in [-0.2, 0) is 19.4 Å². The summed E-state index contributed by atoms with van der Waals surface area (Å²) in [5.74, 6) is 0.684. The number of Topliss-reactive ketones (excluding diaryl/α,β-unsaturated/α-hetero) is 1. The fourth-order valence-electron chi connectivity index (χ4n) is 3.40. The van der Waals surface area contributed by atoms with Gasteiger partial charge in [-0.15, -0.1) is 11.3 Å². The second kappa shape index (κ2) is 7.93. The molecule has 0 radical (unpaired) electrons. The number of fused-ring (bicyclic) bond motifs is 1. The summed E-state index contributed by atoms with van der Waals surface area (Å²) in [6, 6.07) is 15.5. The average Bonchev–Trinajstić information content (AvgIpc) is 3.18. The van der Waals surface area contributed by atoms with Crippen LogP contribution >= 0.6 is 11.3 Å². The van der Waals surface area contributed by atoms with E-state index in [-0.39, 0.29) is 12.2 Å². The highest BCUT2D eigenvalue weighted by Gasteiger charge is 2.20. The first-order valence-corrected chi connectivity index (χ1v) is 9.90. The normalized spacial score (nSPS) is 12.9. The second-order valence-electron chi connectivity index (χ2n) is 6.60. The summed E-state index contributed by atoms with van der Waals surface area (Å²) in [5.41, 5.74) is 3.96. The summed E-state index contributed by atoms with van der Waals surface area (Å²) in [6.07, 6.45) is 1.02. The molecule has 1 aliphatic heterocycles. The van der Waals surface area contributed by atoms with Gasteiger partial charge in [0.25, 0.3) is 0 Å². The van der Waals surface area contributed by atoms with Crippen LogP contribution in [0.25, 0.3) is 11.1 Å². The highest BCUT2D eigenvalue weighted by Crippen LogP contribution is 2.30. The molecule has 28 heavy (non-hydrogen) atoms. The fourth-order valence-corrected chi connectivity index (χ4v) is 4.42. The molecule has 0 aliphatic carbocycles. The number of ketones is 1. The number of nitriles is 1. The molecule has 1 aliphatic rings. The van der Waals surface area contributed by atoms with Crippen LogP contribution in [0, 0.1) is 11.3 Å². The molecule has 6 heteroatoms. The van der Waals surface area contributed by atoms with Crippen molar-refractivity contribution in [2.45, 2.75) is 19.4 Å². The number of carbonyl (C=O) groups excluding carboxylic acids is 1. The Kier molecular flexibility index (Phi) is 5.20. The molecule has 0 bridgehead atoms. The van der Waals surface area contributed by atoms with Crippen molar-refractivity contribution in [2.24, 2.45) is 0 Å². The molecule has 0 atom stereocenters. The smallest absolute Gasteiger partial charge is 0.195 e. The number of nitrogens with one attached hydrogen (secondary N) is 1. The molecule has 2 aromatic carbocycles. The summed E-state index contributed by atoms with van der Waals surface area (Å²) in [4.78, 5) is 18.5. The van der Waals surface area contributed by atoms with E-state index in [4.69, 9.17) is 4.74 Å². The molecule has 0 unspecified atom stereocenters. The van der Waals surface area contributed by atoms with Gasteiger partial charge >= 0.3 is 0 Å². The van der Waals surface area contributed by atoms with Gasteiger partial charge in [-0.2, -0.15) is 5.26 Å². The van der Waals surface area contributed by atoms with Gasteiger partial charge in [0, 0.05) is 30.8 Å². The number of ether oxygens (including phenoxy) is 1. The largest absolute Gasteiger partial charge is 0.497 e. The van der Waals surface area contributed by atoms with Crippen LogP contribution in [0.15, 0.2) is 42.5 Å². The number of thiazole rings is 1. The lowest BCUT2D eigenvalue weighted by atomic mass is 9.94. The molecule has 2 heterocycles. The predicted octanol–water partition coefficient (Wildman–Crippen LogP) is 3.76. The summed E-state index contributed by atoms with van der Waals surface area (Å²) in [5, 5.41) is 13.6. The molecule has 140 valence electrons. The van der Waals surface area contributed by atoms with Crippen molar-refractivity contribution in [3.8, 4) is 22.9 Å². The number of nitrogens with zero attached hydrogens (tertiary/aromatic N) is 2. The standard InChI is InChI=1S/C22H19N3O2S/c1-27-16-6-2-4-14(10-16)17-7-3-5-15(18(17)12-23)11-20(26)22-25-19-8-9-24-13-21(19)28-22/h2-7,10,24H,8-9,11,13H2,1H3. The quantitative estimate of drug-likeness (QED) is 0.673. The minimum Gasteiger partial charge on any atom is -0.497 e. The summed E-state index contributed by atoms with van der Waals surface area (Å²) in [7, 11) is 1.61. The van der Waals surface area contributed by atoms with Crippen LogP contribution in [-0.4, -0.2) is 24.4 Å². The van der Waals surface area contributed by atoms with Crippen LogP contribution in [0.1, 0.15) is 31.5 Å². The molecule has 3 aromatic rings. The topological polar surface area (TPSA) is 75.0 Å². The maximum Gasteiger partial charge on any atom is 0.195 e. The molecule has 1 N–H and O–H groups in total. The van der Waals surface area contributed by atoms with Crippen molar-refractivity contribution in [1.29, 1.82) is 5.26 Å². The summed E-state index contributed by atoms with van der Waals surface area (Å²) >= 11 is 1.46. The number of methoxy groups -OCH3 is 1. The Morgan fingerprint density at radius 1 is 1.32 bits per heavy atom. The molecular weight excluding hydrogens is 370 g/mol. The second-order valence-corrected chi connectivity index (χ2v) is 7.68. The van der Waals surface area contributed by atoms with E-state index in [0.29, 0.717) is 10.6 Å². The van der Waals surface area contributed by atoms with Gasteiger partial charge in [-0.25, -0.2) is 4.98 Å². The van der Waals surface area contributed by atoms with E-state index in [9.17, 15) is 10.1 Å². The molecule has 0 saturated heterocycles. The number of rotatable bonds is 5. The minimum atomic E-state index is -0.0429. The molecule has 4 rings (SSSR count). The van der Waals surface area contributed by atoms with E-state index in [1.165, 1.54) is 11.3 Å². The number of hydrogen-bond acceptors (Lipinski definition) is 6. The van der Waals surface area contributed by atoms with Crippen molar-refractivity contribution < 1.29 is 9.53 Å². The molecule has 0 saturated carbocycles. The highest BCUT2D eigenvalue weighted by molar-refractivity contribution is 7.13. The number of aromatic nitrogens is 1. The average molecular weight is 389 g/mol. The zero-order valence-corrected chi connectivity index (χ0v) is 16.3. The van der Waals surface area contributed by atoms with Crippen LogP contribution in [0.3, 0.4) is 0 Å². The molecule has 1 aromatic heterocycles. The van der Waals surface area contributed by atoms with Gasteiger partial charge in [0.2, 0.25) is 0 Å². The van der Waals surface area contributed by atoms with Gasteiger partial charge in [0.15, 0.2) is 10.8 Å². The fraction of sp³-hybridized carbons (Fsp3) is 0.227. The van der Waals surface area contributed by atoms with Crippen LogP contribution in [0.2, 0.25) is 0 Å². The van der Waals surface area contributed by atoms with E-state index in [0.717, 1.165) is 52.5 Å². The van der Waals surface area contributed by atoms with Crippen molar-refractivity contribution >= 4 is 17.1 Å².